The first-order chi connectivity index (χ1) is 12.8. The van der Waals surface area contributed by atoms with E-state index in [-0.39, 0.29) is 5.82 Å². The van der Waals surface area contributed by atoms with Gasteiger partial charge in [-0.25, -0.2) is 4.39 Å². The monoisotopic (exact) mass is 352 g/mol. The van der Waals surface area contributed by atoms with Crippen LogP contribution in [0.15, 0.2) is 65.1 Å². The first-order valence-electron chi connectivity index (χ1n) is 8.80. The van der Waals surface area contributed by atoms with Gasteiger partial charge in [-0.3, -0.25) is 0 Å². The fraction of sp³-hybridized carbons (Fsp3) is 0.238. The predicted molar refractivity (Wildman–Crippen MR) is 101 cm³/mol. The number of nitrogens with one attached hydrogen (secondary N) is 1. The van der Waals surface area contributed by atoms with E-state index in [0.717, 1.165) is 37.8 Å². The van der Waals surface area contributed by atoms with Crippen molar-refractivity contribution in [3.8, 4) is 11.3 Å². The summed E-state index contributed by atoms with van der Waals surface area (Å²) in [6.07, 6.45) is 0. The van der Waals surface area contributed by atoms with Gasteiger partial charge in [-0.05, 0) is 48.5 Å². The first-order valence-corrected chi connectivity index (χ1v) is 8.80. The summed E-state index contributed by atoms with van der Waals surface area (Å²) in [5.74, 6) is 1.03. The van der Waals surface area contributed by atoms with Gasteiger partial charge in [0.15, 0.2) is 0 Å². The zero-order valence-electron chi connectivity index (χ0n) is 14.5. The van der Waals surface area contributed by atoms with Crippen molar-refractivity contribution in [3.05, 3.63) is 72.2 Å². The Morgan fingerprint density at radius 2 is 1.69 bits per heavy atom. The molecule has 0 aliphatic carbocycles. The smallest absolute Gasteiger partial charge is 0.137 e. The molecule has 1 saturated heterocycles. The van der Waals surface area contributed by atoms with Crippen LogP contribution >= 0.6 is 0 Å². The van der Waals surface area contributed by atoms with Gasteiger partial charge in [0.2, 0.25) is 0 Å². The van der Waals surface area contributed by atoms with Crippen molar-refractivity contribution in [3.63, 3.8) is 0 Å². The summed E-state index contributed by atoms with van der Waals surface area (Å²) in [5, 5.41) is 3.34. The Morgan fingerprint density at radius 3 is 2.46 bits per heavy atom. The molecule has 2 aromatic carbocycles. The van der Waals surface area contributed by atoms with Gasteiger partial charge in [-0.15, -0.1) is 0 Å². The average molecular weight is 352 g/mol. The Labute approximate surface area is 152 Å². The summed E-state index contributed by atoms with van der Waals surface area (Å²) in [4.78, 5) is 2.32. The Balaban J connectivity index is 1.38. The lowest BCUT2D eigenvalue weighted by atomic mass is 10.1. The van der Waals surface area contributed by atoms with E-state index in [1.165, 1.54) is 11.8 Å². The number of morpholine rings is 1. The van der Waals surface area contributed by atoms with Gasteiger partial charge in [0.05, 0.1) is 25.3 Å². The lowest BCUT2D eigenvalue weighted by molar-refractivity contribution is 0.122. The largest absolute Gasteiger partial charge is 0.459 e. The molecule has 0 saturated carbocycles. The van der Waals surface area contributed by atoms with Crippen LogP contribution < -0.4 is 10.2 Å². The molecule has 5 heteroatoms. The number of anilines is 2. The highest BCUT2D eigenvalue weighted by molar-refractivity contribution is 5.59. The van der Waals surface area contributed by atoms with Crippen molar-refractivity contribution >= 4 is 11.4 Å². The maximum Gasteiger partial charge on any atom is 0.137 e. The van der Waals surface area contributed by atoms with Gasteiger partial charge < -0.3 is 19.4 Å². The summed E-state index contributed by atoms with van der Waals surface area (Å²) >= 11 is 0. The highest BCUT2D eigenvalue weighted by Crippen LogP contribution is 2.25. The molecule has 0 unspecified atom stereocenters. The van der Waals surface area contributed by atoms with E-state index < -0.39 is 0 Å². The van der Waals surface area contributed by atoms with E-state index in [1.807, 2.05) is 6.07 Å². The fourth-order valence-electron chi connectivity index (χ4n) is 3.08. The van der Waals surface area contributed by atoms with Gasteiger partial charge in [-0.2, -0.15) is 0 Å². The van der Waals surface area contributed by atoms with Crippen LogP contribution in [0, 0.1) is 5.82 Å². The van der Waals surface area contributed by atoms with Crippen LogP contribution in [0.1, 0.15) is 5.76 Å². The minimum atomic E-state index is -0.278. The molecule has 1 N–H and O–H groups in total. The second kappa shape index (κ2) is 7.62. The van der Waals surface area contributed by atoms with Gasteiger partial charge in [0.25, 0.3) is 0 Å². The molecule has 0 spiro atoms. The van der Waals surface area contributed by atoms with Crippen LogP contribution in [0.3, 0.4) is 0 Å². The second-order valence-electron chi connectivity index (χ2n) is 6.25. The number of hydrogen-bond donors (Lipinski definition) is 1. The Morgan fingerprint density at radius 1 is 0.923 bits per heavy atom. The minimum Gasteiger partial charge on any atom is -0.459 e. The van der Waals surface area contributed by atoms with E-state index in [4.69, 9.17) is 9.15 Å². The normalized spacial score (nSPS) is 14.4. The van der Waals surface area contributed by atoms with Crippen LogP contribution in [0.5, 0.6) is 0 Å². The first kappa shape index (κ1) is 16.7. The molecule has 0 amide bonds. The van der Waals surface area contributed by atoms with Crippen LogP contribution in [0.25, 0.3) is 11.3 Å². The highest BCUT2D eigenvalue weighted by atomic mass is 19.1. The summed E-state index contributed by atoms with van der Waals surface area (Å²) in [5.41, 5.74) is 2.71. The molecule has 4 nitrogen and oxygen atoms in total. The van der Waals surface area contributed by atoms with Crippen molar-refractivity contribution < 1.29 is 13.5 Å². The Bertz CT molecular complexity index is 854. The molecule has 1 fully saturated rings. The molecule has 2 heterocycles. The topological polar surface area (TPSA) is 37.6 Å². The van der Waals surface area contributed by atoms with Gasteiger partial charge in [-0.1, -0.05) is 12.1 Å². The number of furan rings is 1. The molecule has 1 aliphatic heterocycles. The highest BCUT2D eigenvalue weighted by Gasteiger charge is 2.11. The number of nitrogens with zero attached hydrogens (tertiary/aromatic N) is 1. The quantitative estimate of drug-likeness (QED) is 0.732. The molecular formula is C21H21FN2O2. The third kappa shape index (κ3) is 3.73. The van der Waals surface area contributed by atoms with Crippen molar-refractivity contribution in [1.82, 2.24) is 0 Å². The third-order valence-electron chi connectivity index (χ3n) is 4.51. The number of ether oxygens (including phenoxy) is 1. The third-order valence-corrected chi connectivity index (χ3v) is 4.51. The van der Waals surface area contributed by atoms with E-state index >= 15 is 0 Å². The summed E-state index contributed by atoms with van der Waals surface area (Å²) in [6, 6.07) is 18.6. The maximum absolute atomic E-state index is 13.8. The maximum atomic E-state index is 13.8. The summed E-state index contributed by atoms with van der Waals surface area (Å²) < 4.78 is 25.0. The Hall–Kier alpha value is -2.79. The van der Waals surface area contributed by atoms with Crippen molar-refractivity contribution in [2.75, 3.05) is 36.5 Å². The van der Waals surface area contributed by atoms with Crippen molar-refractivity contribution in [2.45, 2.75) is 6.54 Å². The summed E-state index contributed by atoms with van der Waals surface area (Å²) in [6.45, 7) is 3.97. The van der Waals surface area contributed by atoms with Gasteiger partial charge >= 0.3 is 0 Å². The second-order valence-corrected chi connectivity index (χ2v) is 6.25. The average Bonchev–Trinajstić information content (AvgIpc) is 3.17. The predicted octanol–water partition coefficient (Wildman–Crippen LogP) is 4.53. The lowest BCUT2D eigenvalue weighted by Crippen LogP contribution is -2.36. The Kier molecular flexibility index (Phi) is 4.88. The minimum absolute atomic E-state index is 0.278. The van der Waals surface area contributed by atoms with E-state index in [9.17, 15) is 4.39 Å². The lowest BCUT2D eigenvalue weighted by Gasteiger charge is -2.28. The number of benzene rings is 2. The van der Waals surface area contributed by atoms with Crippen molar-refractivity contribution in [1.29, 1.82) is 0 Å². The molecule has 4 rings (SSSR count). The molecule has 0 atom stereocenters. The van der Waals surface area contributed by atoms with E-state index in [1.54, 1.807) is 24.3 Å². The van der Waals surface area contributed by atoms with Gasteiger partial charge in [0.1, 0.15) is 17.3 Å². The van der Waals surface area contributed by atoms with Crippen LogP contribution in [-0.4, -0.2) is 26.3 Å². The zero-order valence-corrected chi connectivity index (χ0v) is 14.5. The molecule has 134 valence electrons. The van der Waals surface area contributed by atoms with E-state index in [0.29, 0.717) is 17.9 Å². The van der Waals surface area contributed by atoms with E-state index in [2.05, 4.69) is 34.5 Å². The molecule has 1 aromatic heterocycles. The molecule has 26 heavy (non-hydrogen) atoms. The molecule has 0 radical (unpaired) electrons. The molecular weight excluding hydrogens is 331 g/mol. The van der Waals surface area contributed by atoms with Crippen LogP contribution in [0.4, 0.5) is 15.8 Å². The standard InChI is InChI=1S/C21H21FN2O2/c22-20-4-2-1-3-19(20)21-10-9-18(26-21)15-23-16-5-7-17(8-6-16)24-11-13-25-14-12-24/h1-10,23H,11-15H2. The number of hydrogen-bond acceptors (Lipinski definition) is 4. The fourth-order valence-corrected chi connectivity index (χ4v) is 3.08. The van der Waals surface area contributed by atoms with Crippen LogP contribution in [0.2, 0.25) is 0 Å². The number of rotatable bonds is 5. The number of halogens is 1. The molecule has 0 bridgehead atoms. The molecule has 3 aromatic rings. The zero-order chi connectivity index (χ0) is 17.8. The van der Waals surface area contributed by atoms with Crippen molar-refractivity contribution in [2.24, 2.45) is 0 Å². The van der Waals surface area contributed by atoms with Gasteiger partial charge in [0, 0.05) is 24.5 Å². The summed E-state index contributed by atoms with van der Waals surface area (Å²) in [7, 11) is 0. The molecule has 1 aliphatic rings. The van der Waals surface area contributed by atoms with Crippen LogP contribution in [-0.2, 0) is 11.3 Å². The SMILES string of the molecule is Fc1ccccc1-c1ccc(CNc2ccc(N3CCOCC3)cc2)o1.